The predicted octanol–water partition coefficient (Wildman–Crippen LogP) is 3.80. The fraction of sp³-hybridized carbons (Fsp3) is 0.353. The van der Waals surface area contributed by atoms with Gasteiger partial charge in [0.25, 0.3) is 0 Å². The van der Waals surface area contributed by atoms with Crippen LogP contribution in [0, 0.1) is 0 Å². The van der Waals surface area contributed by atoms with E-state index in [1.165, 1.54) is 10.4 Å². The molecule has 0 aliphatic carbocycles. The molecular weight excluding hydrogens is 296 g/mol. The number of nitrogens with zero attached hydrogens (tertiary/aromatic N) is 1. The molecule has 22 heavy (non-hydrogen) atoms. The average Bonchev–Trinajstić information content (AvgIpc) is 3.24. The van der Waals surface area contributed by atoms with Crippen molar-refractivity contribution in [2.24, 2.45) is 0 Å². The van der Waals surface area contributed by atoms with E-state index < -0.39 is 0 Å². The Morgan fingerprint density at radius 3 is 2.86 bits per heavy atom. The monoisotopic (exact) mass is 316 g/mol. The molecule has 0 saturated carbocycles. The summed E-state index contributed by atoms with van der Waals surface area (Å²) in [6.45, 7) is 1.41. The van der Waals surface area contributed by atoms with Gasteiger partial charge in [0, 0.05) is 11.4 Å². The minimum absolute atomic E-state index is 0.0201. The molecule has 3 rings (SSSR count). The average molecular weight is 316 g/mol. The number of likely N-dealkylation sites (tertiary alicyclic amines) is 1. The van der Waals surface area contributed by atoms with Crippen molar-refractivity contribution in [1.29, 1.82) is 0 Å². The number of nitrogens with one attached hydrogen (secondary N) is 1. The first kappa shape index (κ1) is 14.9. The van der Waals surface area contributed by atoms with Gasteiger partial charge in [-0.15, -0.1) is 11.3 Å². The Balaban J connectivity index is 1.65. The molecule has 1 aliphatic heterocycles. The number of methoxy groups -OCH3 is 1. The third-order valence-electron chi connectivity index (χ3n) is 4.01. The van der Waals surface area contributed by atoms with E-state index in [1.807, 2.05) is 46.7 Å². The molecule has 2 aromatic rings. The molecule has 2 heterocycles. The third-order valence-corrected chi connectivity index (χ3v) is 4.88. The first-order chi connectivity index (χ1) is 10.8. The standard InChI is InChI=1S/C17H20N2O2S/c1-21-14-8-6-13(7-9-14)16-5-2-10-19(16)17(20)18-12-15-4-3-11-22-15/h3-4,6-9,11,16H,2,5,10,12H2,1H3,(H,18,20). The van der Waals surface area contributed by atoms with E-state index >= 15 is 0 Å². The highest BCUT2D eigenvalue weighted by molar-refractivity contribution is 7.09. The molecule has 116 valence electrons. The molecule has 0 bridgehead atoms. The predicted molar refractivity (Wildman–Crippen MR) is 88.2 cm³/mol. The number of amides is 2. The fourth-order valence-electron chi connectivity index (χ4n) is 2.86. The van der Waals surface area contributed by atoms with Crippen LogP contribution in [0.25, 0.3) is 0 Å². The van der Waals surface area contributed by atoms with E-state index in [-0.39, 0.29) is 12.1 Å². The van der Waals surface area contributed by atoms with Crippen molar-refractivity contribution in [1.82, 2.24) is 10.2 Å². The lowest BCUT2D eigenvalue weighted by atomic mass is 10.0. The van der Waals surface area contributed by atoms with Crippen LogP contribution < -0.4 is 10.1 Å². The molecule has 5 heteroatoms. The lowest BCUT2D eigenvalue weighted by molar-refractivity contribution is 0.192. The Hall–Kier alpha value is -2.01. The van der Waals surface area contributed by atoms with Crippen molar-refractivity contribution in [3.8, 4) is 5.75 Å². The van der Waals surface area contributed by atoms with E-state index in [0.29, 0.717) is 6.54 Å². The van der Waals surface area contributed by atoms with Crippen LogP contribution in [0.5, 0.6) is 5.75 Å². The largest absolute Gasteiger partial charge is 0.497 e. The van der Waals surface area contributed by atoms with Crippen LogP contribution in [-0.4, -0.2) is 24.6 Å². The topological polar surface area (TPSA) is 41.6 Å². The smallest absolute Gasteiger partial charge is 0.318 e. The summed E-state index contributed by atoms with van der Waals surface area (Å²) in [6, 6.07) is 12.2. The normalized spacial score (nSPS) is 17.5. The van der Waals surface area contributed by atoms with Crippen molar-refractivity contribution in [3.63, 3.8) is 0 Å². The number of ether oxygens (including phenoxy) is 1. The summed E-state index contributed by atoms with van der Waals surface area (Å²) in [6.07, 6.45) is 2.06. The van der Waals surface area contributed by atoms with Crippen molar-refractivity contribution >= 4 is 17.4 Å². The maximum absolute atomic E-state index is 12.4. The van der Waals surface area contributed by atoms with Gasteiger partial charge in [-0.05, 0) is 42.0 Å². The van der Waals surface area contributed by atoms with Gasteiger partial charge in [-0.2, -0.15) is 0 Å². The van der Waals surface area contributed by atoms with E-state index in [9.17, 15) is 4.79 Å². The summed E-state index contributed by atoms with van der Waals surface area (Å²) < 4.78 is 5.19. The maximum atomic E-state index is 12.4. The highest BCUT2D eigenvalue weighted by Gasteiger charge is 2.29. The molecule has 1 atom stereocenters. The van der Waals surface area contributed by atoms with E-state index in [4.69, 9.17) is 4.74 Å². The second kappa shape index (κ2) is 6.83. The lowest BCUT2D eigenvalue weighted by Gasteiger charge is -2.25. The molecular formula is C17H20N2O2S. The molecule has 0 spiro atoms. The second-order valence-corrected chi connectivity index (χ2v) is 6.39. The SMILES string of the molecule is COc1ccc(C2CCCN2C(=O)NCc2cccs2)cc1. The zero-order chi connectivity index (χ0) is 15.4. The summed E-state index contributed by atoms with van der Waals surface area (Å²) in [5.41, 5.74) is 1.17. The third kappa shape index (κ3) is 3.25. The van der Waals surface area contributed by atoms with Crippen LogP contribution in [0.4, 0.5) is 4.79 Å². The van der Waals surface area contributed by atoms with E-state index in [2.05, 4.69) is 5.32 Å². The second-order valence-electron chi connectivity index (χ2n) is 5.36. The number of hydrogen-bond acceptors (Lipinski definition) is 3. The summed E-state index contributed by atoms with van der Waals surface area (Å²) in [7, 11) is 1.66. The number of rotatable bonds is 4. The molecule has 1 N–H and O–H groups in total. The van der Waals surface area contributed by atoms with Crippen molar-refractivity contribution in [3.05, 3.63) is 52.2 Å². The highest BCUT2D eigenvalue weighted by Crippen LogP contribution is 2.32. The van der Waals surface area contributed by atoms with Gasteiger partial charge in [0.1, 0.15) is 5.75 Å². The Bertz CT molecular complexity index is 610. The molecule has 1 aromatic heterocycles. The first-order valence-corrected chi connectivity index (χ1v) is 8.36. The van der Waals surface area contributed by atoms with Gasteiger partial charge in [0.15, 0.2) is 0 Å². The van der Waals surface area contributed by atoms with Gasteiger partial charge in [-0.25, -0.2) is 4.79 Å². The Morgan fingerprint density at radius 1 is 1.36 bits per heavy atom. The summed E-state index contributed by atoms with van der Waals surface area (Å²) in [5, 5.41) is 5.05. The summed E-state index contributed by atoms with van der Waals surface area (Å²) in [4.78, 5) is 15.6. The minimum Gasteiger partial charge on any atom is -0.497 e. The number of urea groups is 1. The molecule has 1 unspecified atom stereocenters. The molecule has 4 nitrogen and oxygen atoms in total. The Kier molecular flexibility index (Phi) is 4.63. The Morgan fingerprint density at radius 2 is 2.18 bits per heavy atom. The van der Waals surface area contributed by atoms with Crippen LogP contribution in [-0.2, 0) is 6.54 Å². The van der Waals surface area contributed by atoms with Gasteiger partial charge in [0.2, 0.25) is 0 Å². The molecule has 2 amide bonds. The number of benzene rings is 1. The highest BCUT2D eigenvalue weighted by atomic mass is 32.1. The Labute approximate surface area is 134 Å². The lowest BCUT2D eigenvalue weighted by Crippen LogP contribution is -2.39. The fourth-order valence-corrected chi connectivity index (χ4v) is 3.50. The zero-order valence-corrected chi connectivity index (χ0v) is 13.4. The van der Waals surface area contributed by atoms with Gasteiger partial charge in [-0.1, -0.05) is 18.2 Å². The molecule has 1 aliphatic rings. The van der Waals surface area contributed by atoms with Crippen molar-refractivity contribution in [2.75, 3.05) is 13.7 Å². The number of carbonyl (C=O) groups is 1. The van der Waals surface area contributed by atoms with Crippen LogP contribution in [0.1, 0.15) is 29.3 Å². The van der Waals surface area contributed by atoms with E-state index in [0.717, 1.165) is 25.1 Å². The van der Waals surface area contributed by atoms with Gasteiger partial charge in [0.05, 0.1) is 19.7 Å². The van der Waals surface area contributed by atoms with Crippen molar-refractivity contribution < 1.29 is 9.53 Å². The summed E-state index contributed by atoms with van der Waals surface area (Å²) >= 11 is 1.66. The number of carbonyl (C=O) groups excluding carboxylic acids is 1. The van der Waals surface area contributed by atoms with Crippen LogP contribution in [0.2, 0.25) is 0 Å². The molecule has 0 radical (unpaired) electrons. The van der Waals surface area contributed by atoms with Gasteiger partial charge in [-0.3, -0.25) is 0 Å². The van der Waals surface area contributed by atoms with Crippen LogP contribution in [0.3, 0.4) is 0 Å². The molecule has 1 aromatic carbocycles. The number of hydrogen-bond donors (Lipinski definition) is 1. The van der Waals surface area contributed by atoms with Crippen LogP contribution in [0.15, 0.2) is 41.8 Å². The summed E-state index contributed by atoms with van der Waals surface area (Å²) in [5.74, 6) is 0.843. The molecule has 1 fully saturated rings. The van der Waals surface area contributed by atoms with E-state index in [1.54, 1.807) is 18.4 Å². The van der Waals surface area contributed by atoms with Crippen LogP contribution >= 0.6 is 11.3 Å². The minimum atomic E-state index is 0.0201. The number of thiophene rings is 1. The zero-order valence-electron chi connectivity index (χ0n) is 12.6. The quantitative estimate of drug-likeness (QED) is 0.932. The maximum Gasteiger partial charge on any atom is 0.318 e. The molecule has 1 saturated heterocycles. The first-order valence-electron chi connectivity index (χ1n) is 7.49. The van der Waals surface area contributed by atoms with Gasteiger partial charge >= 0.3 is 6.03 Å². The van der Waals surface area contributed by atoms with Crippen molar-refractivity contribution in [2.45, 2.75) is 25.4 Å². The van der Waals surface area contributed by atoms with Gasteiger partial charge < -0.3 is 15.0 Å².